The fourth-order valence-corrected chi connectivity index (χ4v) is 2.01. The molecule has 6 nitrogen and oxygen atoms in total. The van der Waals surface area contributed by atoms with Gasteiger partial charge in [-0.2, -0.15) is 0 Å². The van der Waals surface area contributed by atoms with Crippen molar-refractivity contribution in [3.63, 3.8) is 0 Å². The Bertz CT molecular complexity index is 622. The van der Waals surface area contributed by atoms with Crippen LogP contribution in [0.3, 0.4) is 0 Å². The number of non-ortho nitro benzene ring substituents is 1. The molecule has 116 valence electrons. The lowest BCUT2D eigenvalue weighted by Crippen LogP contribution is -2.01. The molecule has 0 saturated heterocycles. The summed E-state index contributed by atoms with van der Waals surface area (Å²) in [7, 11) is 0. The van der Waals surface area contributed by atoms with E-state index in [2.05, 4.69) is 12.8 Å². The number of aryl methyl sites for hydroxylation is 1. The average molecular weight is 302 g/mol. The van der Waals surface area contributed by atoms with E-state index in [0.29, 0.717) is 11.1 Å². The van der Waals surface area contributed by atoms with Crippen LogP contribution in [0.4, 0.5) is 5.69 Å². The fourth-order valence-electron chi connectivity index (χ4n) is 2.01. The van der Waals surface area contributed by atoms with Crippen LogP contribution in [0.1, 0.15) is 34.8 Å². The summed E-state index contributed by atoms with van der Waals surface area (Å²) in [6, 6.07) is 13.2. The van der Waals surface area contributed by atoms with E-state index in [1.807, 2.05) is 12.1 Å². The van der Waals surface area contributed by atoms with Crippen LogP contribution >= 0.6 is 0 Å². The van der Waals surface area contributed by atoms with Crippen molar-refractivity contribution < 1.29 is 14.9 Å². The summed E-state index contributed by atoms with van der Waals surface area (Å²) in [6.07, 6.45) is 2.06. The van der Waals surface area contributed by atoms with Crippen LogP contribution in [-0.4, -0.2) is 15.9 Å². The Kier molecular flexibility index (Phi) is 6.88. The molecule has 0 fully saturated rings. The molecule has 2 aromatic carbocycles. The Hall–Kier alpha value is -2.57. The number of nitrogens with zero attached hydrogens (tertiary/aromatic N) is 1. The highest BCUT2D eigenvalue weighted by atomic mass is 16.6. The number of nitro benzene ring substituents is 1. The summed E-state index contributed by atoms with van der Waals surface area (Å²) in [5, 5.41) is 17.1. The van der Waals surface area contributed by atoms with Gasteiger partial charge in [0.05, 0.1) is 4.92 Å². The fraction of sp³-hybridized carbons (Fsp3) is 0.188. The number of hydrogen-bond acceptors (Lipinski definition) is 5. The van der Waals surface area contributed by atoms with Crippen LogP contribution in [0.25, 0.3) is 0 Å². The molecule has 6 heteroatoms. The van der Waals surface area contributed by atoms with E-state index < -0.39 is 4.92 Å². The molecule has 0 aliphatic heterocycles. The molecule has 0 aromatic heterocycles. The van der Waals surface area contributed by atoms with Crippen molar-refractivity contribution in [2.75, 3.05) is 0 Å². The van der Waals surface area contributed by atoms with Crippen LogP contribution in [0.2, 0.25) is 0 Å². The van der Waals surface area contributed by atoms with Crippen LogP contribution in [0, 0.1) is 10.1 Å². The number of rotatable bonds is 5. The molecule has 0 atom stereocenters. The summed E-state index contributed by atoms with van der Waals surface area (Å²) in [5.41, 5.74) is 2.24. The Balaban J connectivity index is 0.00000116. The SMILES string of the molecule is CCCc1ccc(C(=O)c2ccc([N+](=O)[O-])cc2)cc1.NO. The molecule has 3 N–H and O–H groups in total. The highest BCUT2D eigenvalue weighted by molar-refractivity contribution is 6.09. The Morgan fingerprint density at radius 3 is 1.91 bits per heavy atom. The van der Waals surface area contributed by atoms with Crippen LogP contribution in [0.15, 0.2) is 48.5 Å². The number of carbonyl (C=O) groups excluding carboxylic acids is 1. The molecular formula is C16H18N2O4. The maximum atomic E-state index is 12.2. The van der Waals surface area contributed by atoms with Gasteiger partial charge in [0.25, 0.3) is 5.69 Å². The molecule has 0 spiro atoms. The van der Waals surface area contributed by atoms with Gasteiger partial charge in [-0.3, -0.25) is 14.9 Å². The molecule has 0 unspecified atom stereocenters. The summed E-state index contributed by atoms with van der Waals surface area (Å²) in [4.78, 5) is 22.3. The van der Waals surface area contributed by atoms with Gasteiger partial charge in [0.2, 0.25) is 0 Å². The molecule has 2 rings (SSSR count). The lowest BCUT2D eigenvalue weighted by atomic mass is 10.0. The zero-order chi connectivity index (χ0) is 16.5. The average Bonchev–Trinajstić information content (AvgIpc) is 2.57. The monoisotopic (exact) mass is 302 g/mol. The van der Waals surface area contributed by atoms with Gasteiger partial charge in [-0.15, -0.1) is 0 Å². The minimum Gasteiger partial charge on any atom is -0.320 e. The smallest absolute Gasteiger partial charge is 0.269 e. The van der Waals surface area contributed by atoms with Gasteiger partial charge in [0.1, 0.15) is 0 Å². The number of nitrogens with two attached hydrogens (primary N) is 1. The Morgan fingerprint density at radius 2 is 1.50 bits per heavy atom. The number of nitro groups is 1. The molecule has 2 aromatic rings. The molecule has 0 bridgehead atoms. The predicted molar refractivity (Wildman–Crippen MR) is 82.9 cm³/mol. The van der Waals surface area contributed by atoms with Gasteiger partial charge < -0.3 is 5.21 Å². The predicted octanol–water partition coefficient (Wildman–Crippen LogP) is 3.11. The molecule has 0 saturated carbocycles. The van der Waals surface area contributed by atoms with Crippen molar-refractivity contribution in [2.45, 2.75) is 19.8 Å². The van der Waals surface area contributed by atoms with Crippen molar-refractivity contribution >= 4 is 11.5 Å². The van der Waals surface area contributed by atoms with Crippen molar-refractivity contribution in [3.05, 3.63) is 75.3 Å². The van der Waals surface area contributed by atoms with E-state index >= 15 is 0 Å². The van der Waals surface area contributed by atoms with E-state index in [1.54, 1.807) is 12.1 Å². The number of hydrogen-bond donors (Lipinski definition) is 2. The summed E-state index contributed by atoms with van der Waals surface area (Å²) >= 11 is 0. The second kappa shape index (κ2) is 8.66. The first-order chi connectivity index (χ1) is 10.6. The van der Waals surface area contributed by atoms with Crippen LogP contribution < -0.4 is 5.90 Å². The highest BCUT2D eigenvalue weighted by Gasteiger charge is 2.11. The van der Waals surface area contributed by atoms with E-state index in [-0.39, 0.29) is 11.5 Å². The topological polar surface area (TPSA) is 106 Å². The molecule has 22 heavy (non-hydrogen) atoms. The van der Waals surface area contributed by atoms with Gasteiger partial charge in [-0.05, 0) is 24.1 Å². The highest BCUT2D eigenvalue weighted by Crippen LogP contribution is 2.16. The molecule has 0 amide bonds. The molecule has 0 aliphatic rings. The van der Waals surface area contributed by atoms with Gasteiger partial charge >= 0.3 is 0 Å². The zero-order valence-corrected chi connectivity index (χ0v) is 12.2. The Labute approximate surface area is 128 Å². The molecule has 0 aliphatic carbocycles. The summed E-state index contributed by atoms with van der Waals surface area (Å²) in [6.45, 7) is 2.11. The molecule has 0 heterocycles. The van der Waals surface area contributed by atoms with E-state index in [9.17, 15) is 14.9 Å². The van der Waals surface area contributed by atoms with Gasteiger partial charge in [0, 0.05) is 23.3 Å². The van der Waals surface area contributed by atoms with Gasteiger partial charge in [-0.25, -0.2) is 5.90 Å². The molecular weight excluding hydrogens is 284 g/mol. The van der Waals surface area contributed by atoms with E-state index in [4.69, 9.17) is 5.21 Å². The lowest BCUT2D eigenvalue weighted by Gasteiger charge is -2.03. The maximum absolute atomic E-state index is 12.2. The number of ketones is 1. The third-order valence-electron chi connectivity index (χ3n) is 3.10. The van der Waals surface area contributed by atoms with Crippen LogP contribution in [0.5, 0.6) is 0 Å². The number of benzene rings is 2. The lowest BCUT2D eigenvalue weighted by molar-refractivity contribution is -0.384. The van der Waals surface area contributed by atoms with E-state index in [1.165, 1.54) is 29.8 Å². The van der Waals surface area contributed by atoms with Crippen molar-refractivity contribution in [3.8, 4) is 0 Å². The normalized spacial score (nSPS) is 9.59. The largest absolute Gasteiger partial charge is 0.320 e. The summed E-state index contributed by atoms with van der Waals surface area (Å²) in [5.74, 6) is 3.38. The quantitative estimate of drug-likeness (QED) is 0.501. The second-order valence-electron chi connectivity index (χ2n) is 4.58. The third kappa shape index (κ3) is 4.47. The van der Waals surface area contributed by atoms with Gasteiger partial charge in [-0.1, -0.05) is 37.6 Å². The maximum Gasteiger partial charge on any atom is 0.269 e. The first kappa shape index (κ1) is 17.5. The first-order valence-electron chi connectivity index (χ1n) is 6.75. The summed E-state index contributed by atoms with van der Waals surface area (Å²) < 4.78 is 0. The van der Waals surface area contributed by atoms with Crippen molar-refractivity contribution in [1.82, 2.24) is 0 Å². The zero-order valence-electron chi connectivity index (χ0n) is 12.2. The number of carbonyl (C=O) groups is 1. The second-order valence-corrected chi connectivity index (χ2v) is 4.58. The van der Waals surface area contributed by atoms with Crippen molar-refractivity contribution in [1.29, 1.82) is 0 Å². The minimum absolute atomic E-state index is 0.0140. The third-order valence-corrected chi connectivity index (χ3v) is 3.10. The van der Waals surface area contributed by atoms with Crippen molar-refractivity contribution in [2.24, 2.45) is 5.90 Å². The Morgan fingerprint density at radius 1 is 1.05 bits per heavy atom. The molecule has 0 radical (unpaired) electrons. The minimum atomic E-state index is -0.478. The standard InChI is InChI=1S/C16H15NO3.H3NO/c1-2-3-12-4-6-13(7-5-12)16(18)14-8-10-15(11-9-14)17(19)20;1-2/h4-11H,2-3H2,1H3;2H,1H2. The van der Waals surface area contributed by atoms with Crippen LogP contribution in [-0.2, 0) is 6.42 Å². The first-order valence-corrected chi connectivity index (χ1v) is 6.75. The van der Waals surface area contributed by atoms with E-state index in [0.717, 1.165) is 12.8 Å². The van der Waals surface area contributed by atoms with Gasteiger partial charge in [0.15, 0.2) is 5.78 Å².